The highest BCUT2D eigenvalue weighted by molar-refractivity contribution is 6.09. The predicted molar refractivity (Wildman–Crippen MR) is 226 cm³/mol. The molecule has 5 heteroatoms. The van der Waals surface area contributed by atoms with E-state index in [0.29, 0.717) is 17.5 Å². The van der Waals surface area contributed by atoms with Gasteiger partial charge in [0, 0.05) is 33.0 Å². The van der Waals surface area contributed by atoms with Gasteiger partial charge in [0.15, 0.2) is 17.5 Å². The van der Waals surface area contributed by atoms with Gasteiger partial charge in [0.05, 0.1) is 11.0 Å². The number of benzene rings is 8. The standard InChI is InChI=1S/C52H31N3O2/c1-2-15-32(16-3-1)34-17-4-5-20-38(34)50-53-49(54-51(55-50)39-22-14-21-37-36-19-7-11-26-45(36)57-48(37)39)33-29-30-42-40(31-33)35-18-6-8-23-41(35)52(42)43-24-9-12-27-46(43)56-47-28-13-10-25-44(47)52/h1-31H. The van der Waals surface area contributed by atoms with Crippen molar-refractivity contribution in [2.24, 2.45) is 0 Å². The van der Waals surface area contributed by atoms with E-state index in [1.54, 1.807) is 0 Å². The van der Waals surface area contributed by atoms with Gasteiger partial charge in [0.25, 0.3) is 0 Å². The lowest BCUT2D eigenvalue weighted by Crippen LogP contribution is -2.32. The maximum Gasteiger partial charge on any atom is 0.167 e. The molecule has 0 fully saturated rings. The number of rotatable bonds is 4. The summed E-state index contributed by atoms with van der Waals surface area (Å²) in [6, 6.07) is 65.4. The molecule has 10 aromatic rings. The average Bonchev–Trinajstić information content (AvgIpc) is 3.80. The van der Waals surface area contributed by atoms with Crippen molar-refractivity contribution in [3.63, 3.8) is 0 Å². The Kier molecular flexibility index (Phi) is 6.78. The Balaban J connectivity index is 1.11. The van der Waals surface area contributed by atoms with Crippen LogP contribution in [0.4, 0.5) is 0 Å². The first-order valence-electron chi connectivity index (χ1n) is 19.2. The highest BCUT2D eigenvalue weighted by Gasteiger charge is 2.51. The fourth-order valence-corrected chi connectivity index (χ4v) is 9.21. The predicted octanol–water partition coefficient (Wildman–Crippen LogP) is 12.9. The quantitative estimate of drug-likeness (QED) is 0.180. The molecule has 266 valence electrons. The summed E-state index contributed by atoms with van der Waals surface area (Å²) < 4.78 is 13.1. The number of ether oxygens (including phenoxy) is 1. The second kappa shape index (κ2) is 12.2. The monoisotopic (exact) mass is 729 g/mol. The number of nitrogens with zero attached hydrogens (tertiary/aromatic N) is 3. The van der Waals surface area contributed by atoms with Gasteiger partial charge in [-0.3, -0.25) is 0 Å². The lowest BCUT2D eigenvalue weighted by atomic mass is 9.66. The third kappa shape index (κ3) is 4.60. The molecule has 0 bridgehead atoms. The molecule has 1 aliphatic heterocycles. The normalized spacial score (nSPS) is 13.2. The SMILES string of the molecule is c1ccc(-c2ccccc2-c2nc(-c3ccc4c(c3)-c3ccccc3C43c4ccccc4Oc4ccccc43)nc(-c3cccc4c3oc3ccccc34)n2)cc1. The summed E-state index contributed by atoms with van der Waals surface area (Å²) in [7, 11) is 0. The third-order valence-electron chi connectivity index (χ3n) is 11.6. The van der Waals surface area contributed by atoms with Crippen LogP contribution >= 0.6 is 0 Å². The van der Waals surface area contributed by atoms with E-state index in [1.165, 1.54) is 16.7 Å². The maximum absolute atomic E-state index is 6.55. The summed E-state index contributed by atoms with van der Waals surface area (Å²) in [6.45, 7) is 0. The molecule has 1 spiro atoms. The van der Waals surface area contributed by atoms with Crippen LogP contribution < -0.4 is 4.74 Å². The van der Waals surface area contributed by atoms with Crippen LogP contribution in [0.3, 0.4) is 0 Å². The molecular formula is C52H31N3O2. The molecular weight excluding hydrogens is 699 g/mol. The first kappa shape index (κ1) is 31.7. The molecule has 0 unspecified atom stereocenters. The fourth-order valence-electron chi connectivity index (χ4n) is 9.21. The van der Waals surface area contributed by atoms with Gasteiger partial charge in [-0.1, -0.05) is 158 Å². The Morgan fingerprint density at radius 2 is 0.912 bits per heavy atom. The Morgan fingerprint density at radius 1 is 0.351 bits per heavy atom. The second-order valence-electron chi connectivity index (χ2n) is 14.6. The summed E-state index contributed by atoms with van der Waals surface area (Å²) in [4.78, 5) is 15.8. The van der Waals surface area contributed by atoms with Crippen molar-refractivity contribution in [2.75, 3.05) is 0 Å². The summed E-state index contributed by atoms with van der Waals surface area (Å²) in [5.74, 6) is 3.46. The zero-order chi connectivity index (χ0) is 37.5. The average molecular weight is 730 g/mol. The second-order valence-corrected chi connectivity index (χ2v) is 14.6. The Labute approximate surface area is 328 Å². The lowest BCUT2D eigenvalue weighted by molar-refractivity contribution is 0.436. The molecule has 5 nitrogen and oxygen atoms in total. The van der Waals surface area contributed by atoms with Crippen molar-refractivity contribution in [3.05, 3.63) is 210 Å². The molecule has 0 N–H and O–H groups in total. The third-order valence-corrected chi connectivity index (χ3v) is 11.6. The van der Waals surface area contributed by atoms with Crippen LogP contribution in [0.2, 0.25) is 0 Å². The Morgan fingerprint density at radius 3 is 1.70 bits per heavy atom. The molecule has 57 heavy (non-hydrogen) atoms. The van der Waals surface area contributed by atoms with Crippen LogP contribution in [0.1, 0.15) is 22.3 Å². The van der Waals surface area contributed by atoms with Crippen LogP contribution in [-0.4, -0.2) is 15.0 Å². The molecule has 2 aromatic heterocycles. The van der Waals surface area contributed by atoms with E-state index in [2.05, 4.69) is 140 Å². The van der Waals surface area contributed by atoms with Crippen molar-refractivity contribution >= 4 is 21.9 Å². The Hall–Kier alpha value is -7.63. The van der Waals surface area contributed by atoms with Gasteiger partial charge in [-0.2, -0.15) is 0 Å². The highest BCUT2D eigenvalue weighted by atomic mass is 16.5. The van der Waals surface area contributed by atoms with E-state index in [0.717, 1.165) is 77.9 Å². The molecule has 3 heterocycles. The van der Waals surface area contributed by atoms with Gasteiger partial charge >= 0.3 is 0 Å². The van der Waals surface area contributed by atoms with Gasteiger partial charge in [-0.05, 0) is 63.7 Å². The smallest absolute Gasteiger partial charge is 0.167 e. The first-order chi connectivity index (χ1) is 28.3. The van der Waals surface area contributed by atoms with Crippen molar-refractivity contribution in [1.82, 2.24) is 15.0 Å². The fraction of sp³-hybridized carbons (Fsp3) is 0.0192. The minimum Gasteiger partial charge on any atom is -0.457 e. The summed E-state index contributed by atoms with van der Waals surface area (Å²) in [5, 5.41) is 2.08. The van der Waals surface area contributed by atoms with Crippen molar-refractivity contribution in [3.8, 4) is 67.9 Å². The Bertz CT molecular complexity index is 3190. The van der Waals surface area contributed by atoms with Crippen LogP contribution in [-0.2, 0) is 5.41 Å². The maximum atomic E-state index is 6.55. The van der Waals surface area contributed by atoms with Crippen LogP contribution in [0.15, 0.2) is 192 Å². The van der Waals surface area contributed by atoms with E-state index >= 15 is 0 Å². The molecule has 1 aliphatic carbocycles. The van der Waals surface area contributed by atoms with E-state index in [4.69, 9.17) is 24.1 Å². The summed E-state index contributed by atoms with van der Waals surface area (Å²) >= 11 is 0. The van der Waals surface area contributed by atoms with Crippen LogP contribution in [0, 0.1) is 0 Å². The molecule has 0 atom stereocenters. The minimum atomic E-state index is -0.559. The molecule has 2 aliphatic rings. The molecule has 0 radical (unpaired) electrons. The zero-order valence-corrected chi connectivity index (χ0v) is 30.6. The van der Waals surface area contributed by atoms with Gasteiger partial charge < -0.3 is 9.15 Å². The van der Waals surface area contributed by atoms with Gasteiger partial charge in [0.1, 0.15) is 22.7 Å². The minimum absolute atomic E-state index is 0.548. The number of hydrogen-bond acceptors (Lipinski definition) is 5. The zero-order valence-electron chi connectivity index (χ0n) is 30.6. The lowest BCUT2D eigenvalue weighted by Gasteiger charge is -2.39. The largest absolute Gasteiger partial charge is 0.457 e. The number of hydrogen-bond donors (Lipinski definition) is 0. The number of furan rings is 1. The summed E-state index contributed by atoms with van der Waals surface area (Å²) in [6.07, 6.45) is 0. The highest BCUT2D eigenvalue weighted by Crippen LogP contribution is 2.62. The van der Waals surface area contributed by atoms with Crippen molar-refractivity contribution < 1.29 is 9.15 Å². The van der Waals surface area contributed by atoms with E-state index in [1.807, 2.05) is 48.5 Å². The number of para-hydroxylation sites is 4. The van der Waals surface area contributed by atoms with Gasteiger partial charge in [0.2, 0.25) is 0 Å². The number of fused-ring (bicyclic) bond motifs is 12. The van der Waals surface area contributed by atoms with E-state index in [9.17, 15) is 0 Å². The number of aromatic nitrogens is 3. The first-order valence-corrected chi connectivity index (χ1v) is 19.2. The van der Waals surface area contributed by atoms with E-state index < -0.39 is 5.41 Å². The molecule has 12 rings (SSSR count). The van der Waals surface area contributed by atoms with Crippen LogP contribution in [0.25, 0.3) is 78.4 Å². The molecule has 0 saturated heterocycles. The summed E-state index contributed by atoms with van der Waals surface area (Å²) in [5.41, 5.74) is 12.8. The molecule has 0 saturated carbocycles. The van der Waals surface area contributed by atoms with Crippen molar-refractivity contribution in [1.29, 1.82) is 0 Å². The van der Waals surface area contributed by atoms with Crippen molar-refractivity contribution in [2.45, 2.75) is 5.41 Å². The topological polar surface area (TPSA) is 61.0 Å². The molecule has 0 amide bonds. The van der Waals surface area contributed by atoms with Gasteiger partial charge in [-0.25, -0.2) is 15.0 Å². The molecule has 8 aromatic carbocycles. The van der Waals surface area contributed by atoms with E-state index in [-0.39, 0.29) is 0 Å². The van der Waals surface area contributed by atoms with Gasteiger partial charge in [-0.15, -0.1) is 0 Å². The van der Waals surface area contributed by atoms with Crippen LogP contribution in [0.5, 0.6) is 11.5 Å².